The molecule has 0 spiro atoms. The van der Waals surface area contributed by atoms with Gasteiger partial charge in [-0.25, -0.2) is 4.57 Å². The third kappa shape index (κ3) is 62.4. The molecule has 0 aliphatic rings. The quantitative estimate of drug-likeness (QED) is 0.0211. The third-order valence-corrected chi connectivity index (χ3v) is 14.9. The van der Waals surface area contributed by atoms with Crippen molar-refractivity contribution in [3.63, 3.8) is 0 Å². The highest BCUT2D eigenvalue weighted by atomic mass is 31.2. The number of likely N-dealkylation sites (N-methyl/N-ethyl adjacent to an activating group) is 1. The minimum atomic E-state index is -4.40. The first kappa shape index (κ1) is 75.2. The fourth-order valence-corrected chi connectivity index (χ4v) is 9.71. The van der Waals surface area contributed by atoms with Gasteiger partial charge < -0.3 is 18.9 Å². The van der Waals surface area contributed by atoms with E-state index in [-0.39, 0.29) is 32.0 Å². The average Bonchev–Trinajstić information content (AvgIpc) is 3.40. The Balaban J connectivity index is 3.97. The highest BCUT2D eigenvalue weighted by Gasteiger charge is 2.27. The van der Waals surface area contributed by atoms with Crippen LogP contribution < -0.4 is 0 Å². The second-order valence-corrected chi connectivity index (χ2v) is 24.2. The van der Waals surface area contributed by atoms with E-state index in [1.54, 1.807) is 0 Å². The van der Waals surface area contributed by atoms with E-state index < -0.39 is 26.5 Å². The molecule has 0 heterocycles. The Kier molecular flexibility index (Phi) is 56.7. The van der Waals surface area contributed by atoms with Crippen LogP contribution in [0.5, 0.6) is 0 Å². The molecule has 0 rings (SSSR count). The van der Waals surface area contributed by atoms with E-state index in [4.69, 9.17) is 18.5 Å². The summed E-state index contributed by atoms with van der Waals surface area (Å²) >= 11 is 0. The summed E-state index contributed by atoms with van der Waals surface area (Å²) < 4.78 is 34.5. The number of hydrogen-bond acceptors (Lipinski definition) is 7. The standard InChI is InChI=1S/C68H122NO8P/c1-6-8-10-12-14-16-18-20-22-24-25-26-27-28-29-30-31-32-33-34-35-36-37-38-39-40-41-42-43-45-46-48-50-52-54-56-58-60-67(70)74-64-66(65-76-78(72,73)75-63-62-69(3,4)5)77-68(71)61-59-57-55-53-51-49-47-44-23-21-19-17-15-13-11-9-7-2/h9,11,15,17-18,20-21,23-25,47,49,53,55,66H,6-8,10,12-14,16,19,22,26-46,48,50-52,54,56-65H2,1-5H3/p+1/b11-9-,17-15-,20-18-,23-21-,25-24-,49-47-,55-53-. The number of allylic oxidation sites excluding steroid dienone is 14. The van der Waals surface area contributed by atoms with E-state index in [1.165, 1.54) is 186 Å². The van der Waals surface area contributed by atoms with Gasteiger partial charge in [0.25, 0.3) is 0 Å². The molecule has 0 saturated heterocycles. The minimum absolute atomic E-state index is 0.0188. The molecular weight excluding hydrogens is 990 g/mol. The van der Waals surface area contributed by atoms with Crippen molar-refractivity contribution >= 4 is 19.8 Å². The van der Waals surface area contributed by atoms with Crippen LogP contribution in [0.25, 0.3) is 0 Å². The zero-order chi connectivity index (χ0) is 57.0. The van der Waals surface area contributed by atoms with Gasteiger partial charge in [-0.1, -0.05) is 272 Å². The number of unbranched alkanes of at least 4 members (excludes halogenated alkanes) is 31. The summed E-state index contributed by atoms with van der Waals surface area (Å²) in [7, 11) is 1.44. The second-order valence-electron chi connectivity index (χ2n) is 22.8. The minimum Gasteiger partial charge on any atom is -0.462 e. The monoisotopic (exact) mass is 1110 g/mol. The SMILES string of the molecule is CC/C=C\C/C=C\C/C=C\C/C=C\C/C=C\CCCC(=O)OC(COC(=O)CCCCCCCCCCCCCCCCCCCCCCCCCCC/C=C\C/C=C\CCCCCCC)COP(=O)(O)OCC[N+](C)(C)C. The van der Waals surface area contributed by atoms with Crippen molar-refractivity contribution in [3.8, 4) is 0 Å². The molecule has 0 fully saturated rings. The molecule has 0 aliphatic heterocycles. The maximum atomic E-state index is 12.8. The zero-order valence-electron chi connectivity index (χ0n) is 51.4. The summed E-state index contributed by atoms with van der Waals surface area (Å²) in [5.41, 5.74) is 0. The number of nitrogens with zero attached hydrogens (tertiary/aromatic N) is 1. The predicted molar refractivity (Wildman–Crippen MR) is 335 cm³/mol. The first-order chi connectivity index (χ1) is 38.0. The Bertz CT molecular complexity index is 1590. The molecule has 10 heteroatoms. The molecule has 0 aromatic carbocycles. The number of rotatable bonds is 59. The van der Waals surface area contributed by atoms with Gasteiger partial charge >= 0.3 is 19.8 Å². The van der Waals surface area contributed by atoms with Crippen molar-refractivity contribution in [2.45, 2.75) is 290 Å². The number of ether oxygens (including phenoxy) is 2. The Morgan fingerprint density at radius 1 is 0.410 bits per heavy atom. The topological polar surface area (TPSA) is 108 Å². The van der Waals surface area contributed by atoms with Crippen LogP contribution in [0.3, 0.4) is 0 Å². The van der Waals surface area contributed by atoms with Crippen LogP contribution >= 0.6 is 7.82 Å². The molecule has 0 aromatic heterocycles. The van der Waals surface area contributed by atoms with Crippen molar-refractivity contribution in [3.05, 3.63) is 85.1 Å². The van der Waals surface area contributed by atoms with Gasteiger partial charge in [0.05, 0.1) is 27.7 Å². The molecule has 0 aromatic rings. The van der Waals surface area contributed by atoms with Crippen molar-refractivity contribution in [1.82, 2.24) is 0 Å². The van der Waals surface area contributed by atoms with E-state index >= 15 is 0 Å². The zero-order valence-corrected chi connectivity index (χ0v) is 52.3. The Morgan fingerprint density at radius 3 is 1.13 bits per heavy atom. The van der Waals surface area contributed by atoms with Gasteiger partial charge in [0.2, 0.25) is 0 Å². The van der Waals surface area contributed by atoms with Crippen molar-refractivity contribution < 1.29 is 42.1 Å². The van der Waals surface area contributed by atoms with Crippen LogP contribution in [0.4, 0.5) is 0 Å². The predicted octanol–water partition coefficient (Wildman–Crippen LogP) is 20.6. The summed E-state index contributed by atoms with van der Waals surface area (Å²) in [4.78, 5) is 35.7. The molecule has 78 heavy (non-hydrogen) atoms. The number of esters is 2. The number of phosphoric ester groups is 1. The van der Waals surface area contributed by atoms with Gasteiger partial charge in [0, 0.05) is 12.8 Å². The fraction of sp³-hybridized carbons (Fsp3) is 0.765. The van der Waals surface area contributed by atoms with Gasteiger partial charge in [0.15, 0.2) is 6.10 Å². The van der Waals surface area contributed by atoms with E-state index in [1.807, 2.05) is 21.1 Å². The summed E-state index contributed by atoms with van der Waals surface area (Å²) in [6.45, 7) is 4.26. The van der Waals surface area contributed by atoms with Crippen molar-refractivity contribution in [2.75, 3.05) is 47.5 Å². The second kappa shape index (κ2) is 58.8. The number of quaternary nitrogens is 1. The van der Waals surface area contributed by atoms with Crippen LogP contribution in [0.1, 0.15) is 284 Å². The Hall–Kier alpha value is -2.81. The Morgan fingerprint density at radius 2 is 0.744 bits per heavy atom. The summed E-state index contributed by atoms with van der Waals surface area (Å²) in [6, 6.07) is 0. The lowest BCUT2D eigenvalue weighted by molar-refractivity contribution is -0.870. The van der Waals surface area contributed by atoms with Crippen LogP contribution in [0, 0.1) is 0 Å². The summed E-state index contributed by atoms with van der Waals surface area (Å²) in [5.74, 6) is -0.860. The average molecular weight is 1110 g/mol. The van der Waals surface area contributed by atoms with Gasteiger partial charge in [-0.15, -0.1) is 0 Å². The maximum absolute atomic E-state index is 12.8. The molecule has 0 amide bonds. The van der Waals surface area contributed by atoms with Crippen LogP contribution in [-0.4, -0.2) is 74.9 Å². The number of phosphoric acid groups is 1. The van der Waals surface area contributed by atoms with Gasteiger partial charge in [-0.3, -0.25) is 18.6 Å². The van der Waals surface area contributed by atoms with Crippen molar-refractivity contribution in [1.29, 1.82) is 0 Å². The largest absolute Gasteiger partial charge is 0.472 e. The lowest BCUT2D eigenvalue weighted by Crippen LogP contribution is -2.37. The Labute approximate surface area is 481 Å². The fourth-order valence-electron chi connectivity index (χ4n) is 8.97. The van der Waals surface area contributed by atoms with E-state index in [2.05, 4.69) is 98.9 Å². The number of hydrogen-bond donors (Lipinski definition) is 1. The van der Waals surface area contributed by atoms with E-state index in [0.29, 0.717) is 23.9 Å². The lowest BCUT2D eigenvalue weighted by Gasteiger charge is -2.24. The lowest BCUT2D eigenvalue weighted by atomic mass is 10.0. The molecule has 0 aliphatic carbocycles. The first-order valence-electron chi connectivity index (χ1n) is 32.3. The van der Waals surface area contributed by atoms with Gasteiger partial charge in [0.1, 0.15) is 19.8 Å². The molecule has 452 valence electrons. The van der Waals surface area contributed by atoms with Gasteiger partial charge in [-0.2, -0.15) is 0 Å². The van der Waals surface area contributed by atoms with E-state index in [9.17, 15) is 19.0 Å². The van der Waals surface area contributed by atoms with Crippen LogP contribution in [0.15, 0.2) is 85.1 Å². The third-order valence-electron chi connectivity index (χ3n) is 13.9. The van der Waals surface area contributed by atoms with Gasteiger partial charge in [-0.05, 0) is 83.5 Å². The normalized spacial score (nSPS) is 13.8. The van der Waals surface area contributed by atoms with Crippen LogP contribution in [-0.2, 0) is 32.7 Å². The maximum Gasteiger partial charge on any atom is 0.472 e. The smallest absolute Gasteiger partial charge is 0.462 e. The first-order valence-corrected chi connectivity index (χ1v) is 33.8. The molecule has 2 atom stereocenters. The molecule has 9 nitrogen and oxygen atoms in total. The molecule has 0 radical (unpaired) electrons. The molecule has 2 unspecified atom stereocenters. The summed E-state index contributed by atoms with van der Waals surface area (Å²) in [5, 5.41) is 0. The highest BCUT2D eigenvalue weighted by Crippen LogP contribution is 2.43. The molecule has 0 bridgehead atoms. The van der Waals surface area contributed by atoms with Crippen molar-refractivity contribution in [2.24, 2.45) is 0 Å². The molecule has 1 N–H and O–H groups in total. The summed E-state index contributed by atoms with van der Waals surface area (Å²) in [6.07, 6.45) is 80.0. The number of carbonyl (C=O) groups is 2. The number of carbonyl (C=O) groups excluding carboxylic acids is 2. The molecule has 0 saturated carbocycles. The van der Waals surface area contributed by atoms with E-state index in [0.717, 1.165) is 57.8 Å². The molecular formula is C68H123NO8P+. The highest BCUT2D eigenvalue weighted by molar-refractivity contribution is 7.47. The van der Waals surface area contributed by atoms with Crippen LogP contribution in [0.2, 0.25) is 0 Å².